The Morgan fingerprint density at radius 1 is 1.47 bits per heavy atom. The summed E-state index contributed by atoms with van der Waals surface area (Å²) in [4.78, 5) is 4.41. The summed E-state index contributed by atoms with van der Waals surface area (Å²) in [6.07, 6.45) is 12.6. The van der Waals surface area contributed by atoms with Crippen LogP contribution in [0.4, 0.5) is 5.95 Å². The molecule has 0 radical (unpaired) electrons. The van der Waals surface area contributed by atoms with Gasteiger partial charge in [0.2, 0.25) is 5.95 Å². The van der Waals surface area contributed by atoms with Gasteiger partial charge in [0.15, 0.2) is 0 Å². The van der Waals surface area contributed by atoms with Crippen molar-refractivity contribution in [1.82, 2.24) is 9.55 Å². The van der Waals surface area contributed by atoms with Gasteiger partial charge < -0.3 is 9.88 Å². The standard InChI is InChI=1S/C16H27N3/c1-4-10-19-11-9-17-15(19)18-13-16(12-14(2)3)7-5-6-8-16/h4,9,11,14H,1,5-8,10,12-13H2,2-3H3,(H,17,18). The third-order valence-corrected chi connectivity index (χ3v) is 4.17. The van der Waals surface area contributed by atoms with E-state index in [1.165, 1.54) is 32.1 Å². The van der Waals surface area contributed by atoms with Crippen LogP contribution < -0.4 is 5.32 Å². The molecule has 1 aliphatic carbocycles. The Hall–Kier alpha value is -1.25. The second-order valence-electron chi connectivity index (χ2n) is 6.35. The van der Waals surface area contributed by atoms with E-state index in [0.717, 1.165) is 25.0 Å². The average molecular weight is 261 g/mol. The Kier molecular flexibility index (Phi) is 4.67. The summed E-state index contributed by atoms with van der Waals surface area (Å²) < 4.78 is 2.12. The zero-order chi connectivity index (χ0) is 13.7. The van der Waals surface area contributed by atoms with Gasteiger partial charge in [0.1, 0.15) is 0 Å². The minimum absolute atomic E-state index is 0.485. The van der Waals surface area contributed by atoms with Gasteiger partial charge >= 0.3 is 0 Å². The number of nitrogens with zero attached hydrogens (tertiary/aromatic N) is 2. The third kappa shape index (κ3) is 3.62. The van der Waals surface area contributed by atoms with E-state index in [9.17, 15) is 0 Å². The van der Waals surface area contributed by atoms with Gasteiger partial charge in [-0.3, -0.25) is 0 Å². The van der Waals surface area contributed by atoms with Gasteiger partial charge in [-0.05, 0) is 30.6 Å². The van der Waals surface area contributed by atoms with E-state index < -0.39 is 0 Å². The monoisotopic (exact) mass is 261 g/mol. The van der Waals surface area contributed by atoms with Crippen molar-refractivity contribution < 1.29 is 0 Å². The Morgan fingerprint density at radius 3 is 2.84 bits per heavy atom. The molecule has 0 bridgehead atoms. The number of hydrogen-bond acceptors (Lipinski definition) is 2. The van der Waals surface area contributed by atoms with Crippen LogP contribution in [0.3, 0.4) is 0 Å². The van der Waals surface area contributed by atoms with Crippen LogP contribution in [-0.4, -0.2) is 16.1 Å². The molecule has 3 heteroatoms. The Balaban J connectivity index is 1.98. The van der Waals surface area contributed by atoms with E-state index in [2.05, 4.69) is 35.3 Å². The number of hydrogen-bond donors (Lipinski definition) is 1. The van der Waals surface area contributed by atoms with E-state index >= 15 is 0 Å². The van der Waals surface area contributed by atoms with Gasteiger partial charge in [-0.1, -0.05) is 32.8 Å². The van der Waals surface area contributed by atoms with Crippen molar-refractivity contribution in [2.75, 3.05) is 11.9 Å². The fourth-order valence-corrected chi connectivity index (χ4v) is 3.47. The maximum absolute atomic E-state index is 4.41. The first-order valence-corrected chi connectivity index (χ1v) is 7.51. The minimum Gasteiger partial charge on any atom is -0.355 e. The van der Waals surface area contributed by atoms with E-state index in [1.807, 2.05) is 18.5 Å². The molecule has 1 aromatic rings. The topological polar surface area (TPSA) is 29.9 Å². The van der Waals surface area contributed by atoms with Crippen molar-refractivity contribution in [3.05, 3.63) is 25.0 Å². The highest BCUT2D eigenvalue weighted by atomic mass is 15.2. The predicted octanol–water partition coefficient (Wildman–Crippen LogP) is 4.09. The Morgan fingerprint density at radius 2 is 2.21 bits per heavy atom. The van der Waals surface area contributed by atoms with Crippen molar-refractivity contribution in [2.45, 2.75) is 52.5 Å². The third-order valence-electron chi connectivity index (χ3n) is 4.17. The van der Waals surface area contributed by atoms with Crippen LogP contribution in [-0.2, 0) is 6.54 Å². The Labute approximate surface area is 117 Å². The van der Waals surface area contributed by atoms with Crippen LogP contribution in [0.25, 0.3) is 0 Å². The van der Waals surface area contributed by atoms with Crippen LogP contribution >= 0.6 is 0 Å². The predicted molar refractivity (Wildman–Crippen MR) is 81.3 cm³/mol. The molecule has 3 nitrogen and oxygen atoms in total. The van der Waals surface area contributed by atoms with E-state index in [-0.39, 0.29) is 0 Å². The molecule has 1 saturated carbocycles. The van der Waals surface area contributed by atoms with Crippen molar-refractivity contribution >= 4 is 5.95 Å². The van der Waals surface area contributed by atoms with Gasteiger partial charge in [0.25, 0.3) is 0 Å². The normalized spacial score (nSPS) is 17.8. The molecule has 1 heterocycles. The van der Waals surface area contributed by atoms with Gasteiger partial charge in [0, 0.05) is 25.5 Å². The van der Waals surface area contributed by atoms with Crippen molar-refractivity contribution in [3.63, 3.8) is 0 Å². The summed E-state index contributed by atoms with van der Waals surface area (Å²) in [7, 11) is 0. The van der Waals surface area contributed by atoms with Gasteiger partial charge in [-0.25, -0.2) is 4.98 Å². The van der Waals surface area contributed by atoms with Crippen LogP contribution in [0.15, 0.2) is 25.0 Å². The van der Waals surface area contributed by atoms with Crippen molar-refractivity contribution in [3.8, 4) is 0 Å². The maximum atomic E-state index is 4.41. The minimum atomic E-state index is 0.485. The second kappa shape index (κ2) is 6.27. The molecule has 0 atom stereocenters. The number of anilines is 1. The lowest BCUT2D eigenvalue weighted by Gasteiger charge is -2.31. The quantitative estimate of drug-likeness (QED) is 0.749. The van der Waals surface area contributed by atoms with Crippen LogP contribution in [0.2, 0.25) is 0 Å². The molecule has 1 N–H and O–H groups in total. The first kappa shape index (κ1) is 14.2. The summed E-state index contributed by atoms with van der Waals surface area (Å²) in [6, 6.07) is 0. The summed E-state index contributed by atoms with van der Waals surface area (Å²) in [5, 5.41) is 3.57. The lowest BCUT2D eigenvalue weighted by molar-refractivity contribution is 0.252. The second-order valence-corrected chi connectivity index (χ2v) is 6.35. The molecular formula is C16H27N3. The molecule has 0 amide bonds. The van der Waals surface area contributed by atoms with E-state index in [1.54, 1.807) is 0 Å². The zero-order valence-electron chi connectivity index (χ0n) is 12.4. The first-order chi connectivity index (χ1) is 9.15. The largest absolute Gasteiger partial charge is 0.355 e. The fourth-order valence-electron chi connectivity index (χ4n) is 3.47. The molecular weight excluding hydrogens is 234 g/mol. The summed E-state index contributed by atoms with van der Waals surface area (Å²) in [5.41, 5.74) is 0.485. The molecule has 19 heavy (non-hydrogen) atoms. The van der Waals surface area contributed by atoms with Gasteiger partial charge in [-0.2, -0.15) is 0 Å². The summed E-state index contributed by atoms with van der Waals surface area (Å²) in [5.74, 6) is 1.75. The number of imidazole rings is 1. The number of rotatable bonds is 7. The number of allylic oxidation sites excluding steroid dienone is 1. The summed E-state index contributed by atoms with van der Waals surface area (Å²) >= 11 is 0. The molecule has 1 fully saturated rings. The molecule has 0 saturated heterocycles. The molecule has 1 aliphatic rings. The molecule has 0 aromatic carbocycles. The highest BCUT2D eigenvalue weighted by molar-refractivity contribution is 5.27. The highest BCUT2D eigenvalue weighted by Crippen LogP contribution is 2.43. The molecule has 0 unspecified atom stereocenters. The summed E-state index contributed by atoms with van der Waals surface area (Å²) in [6.45, 7) is 10.3. The average Bonchev–Trinajstić information content (AvgIpc) is 2.96. The van der Waals surface area contributed by atoms with E-state index in [0.29, 0.717) is 5.41 Å². The van der Waals surface area contributed by atoms with Crippen LogP contribution in [0.5, 0.6) is 0 Å². The lowest BCUT2D eigenvalue weighted by atomic mass is 9.78. The Bertz CT molecular complexity index is 400. The van der Waals surface area contributed by atoms with Gasteiger partial charge in [0.05, 0.1) is 0 Å². The molecule has 2 rings (SSSR count). The van der Waals surface area contributed by atoms with Crippen molar-refractivity contribution in [1.29, 1.82) is 0 Å². The smallest absolute Gasteiger partial charge is 0.203 e. The molecule has 0 spiro atoms. The molecule has 1 aromatic heterocycles. The van der Waals surface area contributed by atoms with Crippen LogP contribution in [0, 0.1) is 11.3 Å². The maximum Gasteiger partial charge on any atom is 0.203 e. The molecule has 0 aliphatic heterocycles. The SMILES string of the molecule is C=CCn1ccnc1NCC1(CC(C)C)CCCC1. The number of aromatic nitrogens is 2. The molecule has 106 valence electrons. The van der Waals surface area contributed by atoms with Gasteiger partial charge in [-0.15, -0.1) is 6.58 Å². The first-order valence-electron chi connectivity index (χ1n) is 7.51. The van der Waals surface area contributed by atoms with E-state index in [4.69, 9.17) is 0 Å². The fraction of sp³-hybridized carbons (Fsp3) is 0.688. The zero-order valence-corrected chi connectivity index (χ0v) is 12.4. The lowest BCUT2D eigenvalue weighted by Crippen LogP contribution is -2.29. The van der Waals surface area contributed by atoms with Crippen LogP contribution in [0.1, 0.15) is 46.0 Å². The van der Waals surface area contributed by atoms with Crippen molar-refractivity contribution in [2.24, 2.45) is 11.3 Å². The highest BCUT2D eigenvalue weighted by Gasteiger charge is 2.34. The number of nitrogens with one attached hydrogen (secondary N) is 1.